The van der Waals surface area contributed by atoms with Gasteiger partial charge in [-0.2, -0.15) is 0 Å². The Morgan fingerprint density at radius 2 is 1.76 bits per heavy atom. The second kappa shape index (κ2) is 5.35. The summed E-state index contributed by atoms with van der Waals surface area (Å²) in [5, 5.41) is 0.642. The van der Waals surface area contributed by atoms with Crippen molar-refractivity contribution in [3.05, 3.63) is 55.3 Å². The van der Waals surface area contributed by atoms with Gasteiger partial charge in [0.1, 0.15) is 5.15 Å². The van der Waals surface area contributed by atoms with Crippen LogP contribution in [0.15, 0.2) is 33.9 Å². The molecule has 1 saturated carbocycles. The van der Waals surface area contributed by atoms with Crippen LogP contribution in [-0.2, 0) is 0 Å². The molecule has 0 unspecified atom stereocenters. The zero-order valence-corrected chi connectivity index (χ0v) is 12.9. The third-order valence-electron chi connectivity index (χ3n) is 3.93. The second-order valence-corrected chi connectivity index (χ2v) is 6.35. The second-order valence-electron chi connectivity index (χ2n) is 5.53. The molecule has 0 saturated heterocycles. The minimum atomic E-state index is -0.445. The van der Waals surface area contributed by atoms with Crippen LogP contribution in [0, 0.1) is 5.92 Å². The van der Waals surface area contributed by atoms with Crippen molar-refractivity contribution in [2.45, 2.75) is 25.8 Å². The Kier molecular flexibility index (Phi) is 3.68. The highest BCUT2D eigenvalue weighted by Crippen LogP contribution is 2.36. The lowest BCUT2D eigenvalue weighted by Gasteiger charge is -2.33. The van der Waals surface area contributed by atoms with Crippen LogP contribution in [0.3, 0.4) is 0 Å². The average Bonchev–Trinajstić information content (AvgIpc) is 2.38. The molecule has 1 fully saturated rings. The maximum atomic E-state index is 12.7. The largest absolute Gasteiger partial charge is 0.329 e. The lowest BCUT2D eigenvalue weighted by molar-refractivity contribution is 0.205. The highest BCUT2D eigenvalue weighted by atomic mass is 35.5. The first kappa shape index (κ1) is 14.4. The van der Waals surface area contributed by atoms with E-state index >= 15 is 0 Å². The maximum Gasteiger partial charge on any atom is 0.329 e. The smallest absolute Gasteiger partial charge is 0.297 e. The lowest BCUT2D eigenvalue weighted by Crippen LogP contribution is -2.43. The molecule has 1 heterocycles. The minimum absolute atomic E-state index is 0.0421. The Bertz CT molecular complexity index is 787. The van der Waals surface area contributed by atoms with E-state index in [2.05, 4.69) is 11.9 Å². The minimum Gasteiger partial charge on any atom is -0.297 e. The van der Waals surface area contributed by atoms with E-state index in [0.717, 1.165) is 12.8 Å². The van der Waals surface area contributed by atoms with Crippen molar-refractivity contribution >= 4 is 23.2 Å². The van der Waals surface area contributed by atoms with E-state index in [9.17, 15) is 9.59 Å². The first-order chi connectivity index (χ1) is 9.97. The molecule has 1 aliphatic rings. The normalized spacial score (nSPS) is 21.1. The molecular weight excluding hydrogens is 311 g/mol. The Morgan fingerprint density at radius 3 is 2.33 bits per heavy atom. The number of halogens is 2. The summed E-state index contributed by atoms with van der Waals surface area (Å²) in [6, 6.07) is 6.77. The van der Waals surface area contributed by atoms with Gasteiger partial charge in [0.25, 0.3) is 5.56 Å². The molecule has 1 N–H and O–H groups in total. The van der Waals surface area contributed by atoms with E-state index in [-0.39, 0.29) is 16.8 Å². The number of nitrogens with zero attached hydrogens (tertiary/aromatic N) is 1. The molecule has 0 amide bonds. The van der Waals surface area contributed by atoms with Crippen LogP contribution in [0.5, 0.6) is 0 Å². The molecule has 1 aromatic heterocycles. The molecule has 2 aromatic rings. The summed E-state index contributed by atoms with van der Waals surface area (Å²) < 4.78 is 1.29. The van der Waals surface area contributed by atoms with Gasteiger partial charge in [-0.15, -0.1) is 0 Å². The summed E-state index contributed by atoms with van der Waals surface area (Å²) in [6.07, 6.45) is 1.68. The molecule has 0 aliphatic heterocycles. The standard InChI is InChI=1S/C15H14Cl2N2O2/c1-8-6-11(7-8)19-14(20)12(13(17)18-15(19)21)9-2-4-10(16)5-3-9/h2-5,8,11H,6-7H2,1H3,(H,18,21). The zero-order valence-electron chi connectivity index (χ0n) is 11.4. The predicted octanol–water partition coefficient (Wildman–Crippen LogP) is 3.48. The van der Waals surface area contributed by atoms with Crippen molar-refractivity contribution in [2.75, 3.05) is 0 Å². The first-order valence-corrected chi connectivity index (χ1v) is 7.53. The molecule has 1 aromatic carbocycles. The van der Waals surface area contributed by atoms with Crippen LogP contribution in [0.25, 0.3) is 11.1 Å². The van der Waals surface area contributed by atoms with Crippen molar-refractivity contribution in [1.82, 2.24) is 9.55 Å². The quantitative estimate of drug-likeness (QED) is 0.860. The van der Waals surface area contributed by atoms with Crippen molar-refractivity contribution in [3.8, 4) is 11.1 Å². The zero-order chi connectivity index (χ0) is 15.1. The van der Waals surface area contributed by atoms with Crippen molar-refractivity contribution in [2.24, 2.45) is 5.92 Å². The first-order valence-electron chi connectivity index (χ1n) is 6.77. The molecule has 6 heteroatoms. The molecule has 21 heavy (non-hydrogen) atoms. The topological polar surface area (TPSA) is 54.9 Å². The number of rotatable bonds is 2. The molecule has 0 spiro atoms. The van der Waals surface area contributed by atoms with Crippen molar-refractivity contribution < 1.29 is 0 Å². The molecule has 0 atom stereocenters. The fraction of sp³-hybridized carbons (Fsp3) is 0.333. The SMILES string of the molecule is CC1CC(n2c(=O)[nH]c(Cl)c(-c3ccc(Cl)cc3)c2=O)C1. The van der Waals surface area contributed by atoms with E-state index in [4.69, 9.17) is 23.2 Å². The van der Waals surface area contributed by atoms with Gasteiger partial charge in [0.05, 0.1) is 5.56 Å². The summed E-state index contributed by atoms with van der Waals surface area (Å²) in [4.78, 5) is 27.3. The Hall–Kier alpha value is -1.52. The molecule has 4 nitrogen and oxygen atoms in total. The summed E-state index contributed by atoms with van der Waals surface area (Å²) in [5.74, 6) is 0.538. The fourth-order valence-electron chi connectivity index (χ4n) is 2.79. The Morgan fingerprint density at radius 1 is 1.14 bits per heavy atom. The molecular formula is C15H14Cl2N2O2. The van der Waals surface area contributed by atoms with Crippen LogP contribution in [0.1, 0.15) is 25.8 Å². The van der Waals surface area contributed by atoms with Crippen LogP contribution < -0.4 is 11.2 Å². The van der Waals surface area contributed by atoms with Crippen molar-refractivity contribution in [1.29, 1.82) is 0 Å². The van der Waals surface area contributed by atoms with Gasteiger partial charge in [-0.05, 0) is 36.5 Å². The monoisotopic (exact) mass is 324 g/mol. The Balaban J connectivity index is 2.17. The molecule has 110 valence electrons. The number of H-pyrrole nitrogens is 1. The van der Waals surface area contributed by atoms with E-state index < -0.39 is 5.69 Å². The highest BCUT2D eigenvalue weighted by Gasteiger charge is 2.30. The maximum absolute atomic E-state index is 12.7. The summed E-state index contributed by atoms with van der Waals surface area (Å²) in [7, 11) is 0. The predicted molar refractivity (Wildman–Crippen MR) is 84.2 cm³/mol. The highest BCUT2D eigenvalue weighted by molar-refractivity contribution is 6.32. The van der Waals surface area contributed by atoms with Crippen LogP contribution >= 0.6 is 23.2 Å². The number of hydrogen-bond donors (Lipinski definition) is 1. The molecule has 1 aliphatic carbocycles. The van der Waals surface area contributed by atoms with Gasteiger partial charge >= 0.3 is 5.69 Å². The number of nitrogens with one attached hydrogen (secondary N) is 1. The van der Waals surface area contributed by atoms with E-state index in [0.29, 0.717) is 22.1 Å². The van der Waals surface area contributed by atoms with E-state index in [1.807, 2.05) is 0 Å². The van der Waals surface area contributed by atoms with Gasteiger partial charge in [0.2, 0.25) is 0 Å². The van der Waals surface area contributed by atoms with Crippen LogP contribution in [0.4, 0.5) is 0 Å². The summed E-state index contributed by atoms with van der Waals surface area (Å²) in [5.41, 5.74) is 0.168. The van der Waals surface area contributed by atoms with Gasteiger partial charge < -0.3 is 0 Å². The summed E-state index contributed by atoms with van der Waals surface area (Å²) >= 11 is 11.9. The number of aromatic nitrogens is 2. The number of benzene rings is 1. The van der Waals surface area contributed by atoms with Crippen LogP contribution in [-0.4, -0.2) is 9.55 Å². The number of hydrogen-bond acceptors (Lipinski definition) is 2. The van der Waals surface area contributed by atoms with Gasteiger partial charge in [-0.3, -0.25) is 14.3 Å². The van der Waals surface area contributed by atoms with E-state index in [1.54, 1.807) is 24.3 Å². The van der Waals surface area contributed by atoms with Gasteiger partial charge in [0, 0.05) is 11.1 Å². The lowest BCUT2D eigenvalue weighted by atomic mass is 9.81. The molecule has 3 rings (SSSR count). The van der Waals surface area contributed by atoms with Crippen molar-refractivity contribution in [3.63, 3.8) is 0 Å². The number of aromatic amines is 1. The third-order valence-corrected chi connectivity index (χ3v) is 4.47. The van der Waals surface area contributed by atoms with Gasteiger partial charge in [-0.25, -0.2) is 4.79 Å². The molecule has 0 radical (unpaired) electrons. The third kappa shape index (κ3) is 2.54. The van der Waals surface area contributed by atoms with Crippen LogP contribution in [0.2, 0.25) is 10.2 Å². The summed E-state index contributed by atoms with van der Waals surface area (Å²) in [6.45, 7) is 2.10. The average molecular weight is 325 g/mol. The van der Waals surface area contributed by atoms with E-state index in [1.165, 1.54) is 4.57 Å². The van der Waals surface area contributed by atoms with Gasteiger partial charge in [-0.1, -0.05) is 42.3 Å². The van der Waals surface area contributed by atoms with Gasteiger partial charge in [0.15, 0.2) is 0 Å². The fourth-order valence-corrected chi connectivity index (χ4v) is 3.19. The molecule has 0 bridgehead atoms. The Labute approximate surface area is 131 Å².